The van der Waals surface area contributed by atoms with E-state index in [0.29, 0.717) is 5.69 Å². The molecule has 3 nitrogen and oxygen atoms in total. The normalized spacial score (nSPS) is 10.7. The summed E-state index contributed by atoms with van der Waals surface area (Å²) >= 11 is 0. The van der Waals surface area contributed by atoms with E-state index in [2.05, 4.69) is 6.92 Å². The molecule has 0 saturated carbocycles. The zero-order valence-electron chi connectivity index (χ0n) is 8.86. The summed E-state index contributed by atoms with van der Waals surface area (Å²) in [6.07, 6.45) is 4.78. The standard InChI is InChI=1S/C12H16N2O/c1-2-9-6-7-11(13)10(8-9)4-3-5-12(14)15/h3-4,6-8H,2,5,13H2,1H3,(H2,14,15). The second-order valence-corrected chi connectivity index (χ2v) is 3.39. The van der Waals surface area contributed by atoms with E-state index in [1.54, 1.807) is 6.08 Å². The molecular formula is C12H16N2O. The minimum absolute atomic E-state index is 0.246. The molecule has 15 heavy (non-hydrogen) atoms. The van der Waals surface area contributed by atoms with E-state index in [0.717, 1.165) is 12.0 Å². The topological polar surface area (TPSA) is 69.1 Å². The molecule has 0 radical (unpaired) electrons. The predicted octanol–water partition coefficient (Wildman–Crippen LogP) is 1.72. The van der Waals surface area contributed by atoms with E-state index in [4.69, 9.17) is 11.5 Å². The van der Waals surface area contributed by atoms with Crippen LogP contribution in [0.4, 0.5) is 5.69 Å². The van der Waals surface area contributed by atoms with Crippen molar-refractivity contribution in [1.82, 2.24) is 0 Å². The monoisotopic (exact) mass is 204 g/mol. The first-order valence-electron chi connectivity index (χ1n) is 4.96. The number of carbonyl (C=O) groups excluding carboxylic acids is 1. The first-order valence-corrected chi connectivity index (χ1v) is 4.96. The fraction of sp³-hybridized carbons (Fsp3) is 0.250. The average molecular weight is 204 g/mol. The van der Waals surface area contributed by atoms with Crippen molar-refractivity contribution in [1.29, 1.82) is 0 Å². The van der Waals surface area contributed by atoms with E-state index < -0.39 is 0 Å². The Balaban J connectivity index is 2.83. The van der Waals surface area contributed by atoms with Crippen LogP contribution in [0.25, 0.3) is 6.08 Å². The molecule has 0 saturated heterocycles. The highest BCUT2D eigenvalue weighted by Gasteiger charge is 1.96. The van der Waals surface area contributed by atoms with E-state index >= 15 is 0 Å². The van der Waals surface area contributed by atoms with Crippen LogP contribution < -0.4 is 11.5 Å². The van der Waals surface area contributed by atoms with Crippen LogP contribution >= 0.6 is 0 Å². The Morgan fingerprint density at radius 1 is 1.47 bits per heavy atom. The molecule has 1 aromatic carbocycles. The highest BCUT2D eigenvalue weighted by Crippen LogP contribution is 2.16. The Morgan fingerprint density at radius 3 is 2.80 bits per heavy atom. The summed E-state index contributed by atoms with van der Waals surface area (Å²) in [6.45, 7) is 2.09. The van der Waals surface area contributed by atoms with Crippen molar-refractivity contribution in [3.8, 4) is 0 Å². The first kappa shape index (κ1) is 11.3. The zero-order chi connectivity index (χ0) is 11.3. The summed E-state index contributed by atoms with van der Waals surface area (Å²) in [5.41, 5.74) is 13.7. The van der Waals surface area contributed by atoms with Gasteiger partial charge in [-0.25, -0.2) is 0 Å². The van der Waals surface area contributed by atoms with E-state index in [-0.39, 0.29) is 12.3 Å². The molecule has 1 rings (SSSR count). The van der Waals surface area contributed by atoms with Crippen LogP contribution in [-0.2, 0) is 11.2 Å². The van der Waals surface area contributed by atoms with Gasteiger partial charge in [-0.3, -0.25) is 4.79 Å². The van der Waals surface area contributed by atoms with Gasteiger partial charge in [-0.2, -0.15) is 0 Å². The highest BCUT2D eigenvalue weighted by atomic mass is 16.1. The van der Waals surface area contributed by atoms with Gasteiger partial charge in [0.1, 0.15) is 0 Å². The highest BCUT2D eigenvalue weighted by molar-refractivity contribution is 5.77. The van der Waals surface area contributed by atoms with Crippen LogP contribution in [-0.4, -0.2) is 5.91 Å². The van der Waals surface area contributed by atoms with Crippen LogP contribution in [0.1, 0.15) is 24.5 Å². The van der Waals surface area contributed by atoms with Crippen LogP contribution in [0, 0.1) is 0 Å². The molecule has 0 aromatic heterocycles. The van der Waals surface area contributed by atoms with Gasteiger partial charge in [0, 0.05) is 12.1 Å². The largest absolute Gasteiger partial charge is 0.398 e. The molecule has 0 aliphatic rings. The van der Waals surface area contributed by atoms with Crippen molar-refractivity contribution >= 4 is 17.7 Å². The van der Waals surface area contributed by atoms with Crippen LogP contribution in [0.15, 0.2) is 24.3 Å². The van der Waals surface area contributed by atoms with Crippen molar-refractivity contribution in [2.24, 2.45) is 5.73 Å². The second kappa shape index (κ2) is 5.20. The van der Waals surface area contributed by atoms with Crippen molar-refractivity contribution in [2.45, 2.75) is 19.8 Å². The zero-order valence-corrected chi connectivity index (χ0v) is 8.86. The Kier molecular flexibility index (Phi) is 3.92. The fourth-order valence-corrected chi connectivity index (χ4v) is 1.29. The second-order valence-electron chi connectivity index (χ2n) is 3.39. The lowest BCUT2D eigenvalue weighted by molar-refractivity contribution is -0.117. The minimum atomic E-state index is -0.337. The molecule has 0 heterocycles. The molecule has 4 N–H and O–H groups in total. The predicted molar refractivity (Wildman–Crippen MR) is 63.1 cm³/mol. The lowest BCUT2D eigenvalue weighted by Crippen LogP contribution is -2.07. The molecule has 80 valence electrons. The number of nitrogens with two attached hydrogens (primary N) is 2. The molecular weight excluding hydrogens is 188 g/mol. The van der Waals surface area contributed by atoms with Crippen molar-refractivity contribution < 1.29 is 4.79 Å². The van der Waals surface area contributed by atoms with Crippen molar-refractivity contribution in [2.75, 3.05) is 5.73 Å². The molecule has 1 amide bonds. The van der Waals surface area contributed by atoms with Gasteiger partial charge in [0.2, 0.25) is 5.91 Å². The maximum atomic E-state index is 10.5. The maximum absolute atomic E-state index is 10.5. The molecule has 1 aromatic rings. The molecule has 0 aliphatic heterocycles. The van der Waals surface area contributed by atoms with Gasteiger partial charge in [0.25, 0.3) is 0 Å². The Labute approximate surface area is 89.8 Å². The summed E-state index contributed by atoms with van der Waals surface area (Å²) in [5.74, 6) is -0.337. The first-order chi connectivity index (χ1) is 7.13. The summed E-state index contributed by atoms with van der Waals surface area (Å²) < 4.78 is 0. The molecule has 3 heteroatoms. The number of carbonyl (C=O) groups is 1. The van der Waals surface area contributed by atoms with Crippen LogP contribution in [0.2, 0.25) is 0 Å². The molecule has 0 spiro atoms. The summed E-state index contributed by atoms with van der Waals surface area (Å²) in [6, 6.07) is 5.90. The number of anilines is 1. The Morgan fingerprint density at radius 2 is 2.20 bits per heavy atom. The van der Waals surface area contributed by atoms with Crippen LogP contribution in [0.3, 0.4) is 0 Å². The maximum Gasteiger partial charge on any atom is 0.221 e. The van der Waals surface area contributed by atoms with Gasteiger partial charge in [-0.1, -0.05) is 25.1 Å². The Bertz CT molecular complexity index is 383. The van der Waals surface area contributed by atoms with Gasteiger partial charge in [-0.15, -0.1) is 0 Å². The number of aryl methyl sites for hydroxylation is 1. The quantitative estimate of drug-likeness (QED) is 0.733. The number of nitrogen functional groups attached to an aromatic ring is 1. The minimum Gasteiger partial charge on any atom is -0.398 e. The fourth-order valence-electron chi connectivity index (χ4n) is 1.29. The molecule has 0 unspecified atom stereocenters. The van der Waals surface area contributed by atoms with Crippen molar-refractivity contribution in [3.63, 3.8) is 0 Å². The molecule has 0 aliphatic carbocycles. The van der Waals surface area contributed by atoms with Gasteiger partial charge >= 0.3 is 0 Å². The molecule has 0 fully saturated rings. The lowest BCUT2D eigenvalue weighted by atomic mass is 10.1. The van der Waals surface area contributed by atoms with E-state index in [9.17, 15) is 4.79 Å². The molecule has 0 bridgehead atoms. The molecule has 0 atom stereocenters. The van der Waals surface area contributed by atoms with Crippen LogP contribution in [0.5, 0.6) is 0 Å². The third kappa shape index (κ3) is 3.46. The SMILES string of the molecule is CCc1ccc(N)c(C=CCC(N)=O)c1. The van der Waals surface area contributed by atoms with Gasteiger partial charge < -0.3 is 11.5 Å². The van der Waals surface area contributed by atoms with Gasteiger partial charge in [0.15, 0.2) is 0 Å². The van der Waals surface area contributed by atoms with Gasteiger partial charge in [0.05, 0.1) is 0 Å². The third-order valence-corrected chi connectivity index (χ3v) is 2.18. The summed E-state index contributed by atoms with van der Waals surface area (Å²) in [7, 11) is 0. The number of benzene rings is 1. The number of hydrogen-bond donors (Lipinski definition) is 2. The van der Waals surface area contributed by atoms with E-state index in [1.165, 1.54) is 5.56 Å². The smallest absolute Gasteiger partial charge is 0.221 e. The van der Waals surface area contributed by atoms with E-state index in [1.807, 2.05) is 24.3 Å². The number of amides is 1. The number of rotatable bonds is 4. The number of hydrogen-bond acceptors (Lipinski definition) is 2. The summed E-state index contributed by atoms with van der Waals surface area (Å²) in [4.78, 5) is 10.5. The van der Waals surface area contributed by atoms with Crippen molar-refractivity contribution in [3.05, 3.63) is 35.4 Å². The average Bonchev–Trinajstić information content (AvgIpc) is 2.20. The summed E-state index contributed by atoms with van der Waals surface area (Å²) in [5, 5.41) is 0. The number of primary amides is 1. The lowest BCUT2D eigenvalue weighted by Gasteiger charge is -2.03. The van der Waals surface area contributed by atoms with Gasteiger partial charge in [-0.05, 0) is 29.7 Å². The Hall–Kier alpha value is -1.77. The third-order valence-electron chi connectivity index (χ3n) is 2.18.